The van der Waals surface area contributed by atoms with E-state index in [1.54, 1.807) is 7.11 Å². The van der Waals surface area contributed by atoms with E-state index in [0.29, 0.717) is 18.0 Å². The van der Waals surface area contributed by atoms with Crippen LogP contribution < -0.4 is 4.74 Å². The maximum Gasteiger partial charge on any atom is 0.272 e. The molecule has 1 fully saturated rings. The Kier molecular flexibility index (Phi) is 4.76. The molecule has 23 heavy (non-hydrogen) atoms. The number of aliphatic hydroxyl groups excluding tert-OH is 1. The molecule has 1 aromatic carbocycles. The Morgan fingerprint density at radius 2 is 2.22 bits per heavy atom. The number of amides is 1. The van der Waals surface area contributed by atoms with Crippen LogP contribution in [0.5, 0.6) is 5.88 Å². The summed E-state index contributed by atoms with van der Waals surface area (Å²) in [6.45, 7) is 0.823. The molecular weight excluding hydrogens is 292 g/mol. The van der Waals surface area contributed by atoms with Gasteiger partial charge >= 0.3 is 0 Å². The second kappa shape index (κ2) is 6.96. The molecule has 1 saturated heterocycles. The molecule has 1 aliphatic rings. The molecule has 122 valence electrons. The van der Waals surface area contributed by atoms with Crippen molar-refractivity contribution in [3.8, 4) is 5.88 Å². The van der Waals surface area contributed by atoms with Gasteiger partial charge in [0.1, 0.15) is 5.69 Å². The SMILES string of the molecule is COc1nc(C(=O)N2CCCCC2CCO)cc2ccccc12. The van der Waals surface area contributed by atoms with Gasteiger partial charge in [-0.1, -0.05) is 18.2 Å². The molecule has 1 N–H and O–H groups in total. The highest BCUT2D eigenvalue weighted by molar-refractivity contribution is 5.98. The average Bonchev–Trinajstić information content (AvgIpc) is 2.61. The summed E-state index contributed by atoms with van der Waals surface area (Å²) >= 11 is 0. The summed E-state index contributed by atoms with van der Waals surface area (Å²) < 4.78 is 5.36. The molecule has 1 atom stereocenters. The minimum Gasteiger partial charge on any atom is -0.481 e. The van der Waals surface area contributed by atoms with Gasteiger partial charge in [-0.2, -0.15) is 0 Å². The Morgan fingerprint density at radius 3 is 3.00 bits per heavy atom. The molecule has 0 spiro atoms. The van der Waals surface area contributed by atoms with Crippen LogP contribution in [-0.4, -0.2) is 47.2 Å². The Labute approximate surface area is 135 Å². The van der Waals surface area contributed by atoms with Crippen LogP contribution in [0.2, 0.25) is 0 Å². The Hall–Kier alpha value is -2.14. The molecule has 1 aliphatic heterocycles. The van der Waals surface area contributed by atoms with E-state index in [-0.39, 0.29) is 18.6 Å². The Morgan fingerprint density at radius 1 is 1.39 bits per heavy atom. The van der Waals surface area contributed by atoms with E-state index in [1.165, 1.54) is 0 Å². The van der Waals surface area contributed by atoms with E-state index in [0.717, 1.165) is 36.6 Å². The van der Waals surface area contributed by atoms with Gasteiger partial charge in [0.25, 0.3) is 5.91 Å². The quantitative estimate of drug-likeness (QED) is 0.942. The fourth-order valence-corrected chi connectivity index (χ4v) is 3.30. The van der Waals surface area contributed by atoms with Gasteiger partial charge < -0.3 is 14.7 Å². The molecule has 3 rings (SSSR count). The third-order valence-corrected chi connectivity index (χ3v) is 4.47. The number of nitrogens with zero attached hydrogens (tertiary/aromatic N) is 2. The number of piperidine rings is 1. The summed E-state index contributed by atoms with van der Waals surface area (Å²) in [6.07, 6.45) is 3.66. The molecule has 2 heterocycles. The summed E-state index contributed by atoms with van der Waals surface area (Å²) in [5, 5.41) is 11.1. The first kappa shape index (κ1) is 15.7. The monoisotopic (exact) mass is 314 g/mol. The first-order valence-corrected chi connectivity index (χ1v) is 8.10. The number of hydrogen-bond donors (Lipinski definition) is 1. The molecule has 1 aromatic heterocycles. The lowest BCUT2D eigenvalue weighted by Crippen LogP contribution is -2.44. The minimum absolute atomic E-state index is 0.0767. The van der Waals surface area contributed by atoms with Crippen LogP contribution in [-0.2, 0) is 0 Å². The molecule has 0 bridgehead atoms. The zero-order valence-electron chi connectivity index (χ0n) is 13.4. The van der Waals surface area contributed by atoms with Crippen LogP contribution in [0.4, 0.5) is 0 Å². The minimum atomic E-state index is -0.0767. The van der Waals surface area contributed by atoms with Gasteiger partial charge in [-0.3, -0.25) is 4.79 Å². The van der Waals surface area contributed by atoms with Crippen molar-refractivity contribution in [3.05, 3.63) is 36.0 Å². The highest BCUT2D eigenvalue weighted by Crippen LogP contribution is 2.27. The zero-order chi connectivity index (χ0) is 16.2. The number of carbonyl (C=O) groups excluding carboxylic acids is 1. The molecule has 5 heteroatoms. The van der Waals surface area contributed by atoms with Crippen molar-refractivity contribution in [1.29, 1.82) is 0 Å². The fourth-order valence-electron chi connectivity index (χ4n) is 3.30. The highest BCUT2D eigenvalue weighted by atomic mass is 16.5. The predicted molar refractivity (Wildman–Crippen MR) is 88.7 cm³/mol. The van der Waals surface area contributed by atoms with E-state index in [1.807, 2.05) is 35.2 Å². The first-order valence-electron chi connectivity index (χ1n) is 8.10. The summed E-state index contributed by atoms with van der Waals surface area (Å²) in [4.78, 5) is 19.2. The number of benzene rings is 1. The topological polar surface area (TPSA) is 62.7 Å². The largest absolute Gasteiger partial charge is 0.481 e. The van der Waals surface area contributed by atoms with Gasteiger partial charge in [0.2, 0.25) is 5.88 Å². The number of hydrogen-bond acceptors (Lipinski definition) is 4. The van der Waals surface area contributed by atoms with Gasteiger partial charge in [0, 0.05) is 24.6 Å². The second-order valence-electron chi connectivity index (χ2n) is 5.90. The maximum atomic E-state index is 12.9. The summed E-state index contributed by atoms with van der Waals surface area (Å²) in [7, 11) is 1.57. The molecule has 0 radical (unpaired) electrons. The van der Waals surface area contributed by atoms with Crippen LogP contribution in [0.1, 0.15) is 36.2 Å². The number of pyridine rings is 1. The number of aliphatic hydroxyl groups is 1. The number of likely N-dealkylation sites (tertiary alicyclic amines) is 1. The lowest BCUT2D eigenvalue weighted by Gasteiger charge is -2.35. The van der Waals surface area contributed by atoms with Crippen molar-refractivity contribution in [3.63, 3.8) is 0 Å². The van der Waals surface area contributed by atoms with Crippen molar-refractivity contribution >= 4 is 16.7 Å². The molecular formula is C18H22N2O3. The summed E-state index contributed by atoms with van der Waals surface area (Å²) in [5.74, 6) is 0.398. The number of aromatic nitrogens is 1. The maximum absolute atomic E-state index is 12.9. The lowest BCUT2D eigenvalue weighted by molar-refractivity contribution is 0.0568. The van der Waals surface area contributed by atoms with Gasteiger partial charge in [0.05, 0.1) is 7.11 Å². The highest BCUT2D eigenvalue weighted by Gasteiger charge is 2.28. The van der Waals surface area contributed by atoms with Crippen molar-refractivity contribution in [1.82, 2.24) is 9.88 Å². The van der Waals surface area contributed by atoms with Crippen LogP contribution in [0.25, 0.3) is 10.8 Å². The Balaban J connectivity index is 1.96. The van der Waals surface area contributed by atoms with Crippen LogP contribution >= 0.6 is 0 Å². The second-order valence-corrected chi connectivity index (χ2v) is 5.90. The van der Waals surface area contributed by atoms with E-state index >= 15 is 0 Å². The van der Waals surface area contributed by atoms with Gasteiger partial charge in [-0.25, -0.2) is 4.98 Å². The smallest absolute Gasteiger partial charge is 0.272 e. The molecule has 0 aliphatic carbocycles. The number of methoxy groups -OCH3 is 1. The number of carbonyl (C=O) groups is 1. The standard InChI is InChI=1S/C18H22N2O3/c1-23-17-15-8-3-2-6-13(15)12-16(19-17)18(22)20-10-5-4-7-14(20)9-11-21/h2-3,6,8,12,14,21H,4-5,7,9-11H2,1H3. The van der Waals surface area contributed by atoms with Crippen molar-refractivity contribution in [2.45, 2.75) is 31.7 Å². The van der Waals surface area contributed by atoms with Crippen molar-refractivity contribution in [2.24, 2.45) is 0 Å². The van der Waals surface area contributed by atoms with E-state index in [4.69, 9.17) is 4.74 Å². The molecule has 0 saturated carbocycles. The fraction of sp³-hybridized carbons (Fsp3) is 0.444. The normalized spacial score (nSPS) is 18.2. The van der Waals surface area contributed by atoms with Crippen LogP contribution in [0.15, 0.2) is 30.3 Å². The van der Waals surface area contributed by atoms with Crippen molar-refractivity contribution in [2.75, 3.05) is 20.3 Å². The van der Waals surface area contributed by atoms with Crippen LogP contribution in [0, 0.1) is 0 Å². The van der Waals surface area contributed by atoms with Crippen LogP contribution in [0.3, 0.4) is 0 Å². The molecule has 5 nitrogen and oxygen atoms in total. The van der Waals surface area contributed by atoms with E-state index < -0.39 is 0 Å². The first-order chi connectivity index (χ1) is 11.2. The predicted octanol–water partition coefficient (Wildman–Crippen LogP) is 2.62. The third-order valence-electron chi connectivity index (χ3n) is 4.47. The third kappa shape index (κ3) is 3.15. The lowest BCUT2D eigenvalue weighted by atomic mass is 9.99. The molecule has 1 amide bonds. The molecule has 1 unspecified atom stereocenters. The van der Waals surface area contributed by atoms with E-state index in [9.17, 15) is 9.90 Å². The van der Waals surface area contributed by atoms with Gasteiger partial charge in [-0.05, 0) is 43.2 Å². The van der Waals surface area contributed by atoms with Gasteiger partial charge in [-0.15, -0.1) is 0 Å². The summed E-state index contributed by atoms with van der Waals surface area (Å²) in [6, 6.07) is 9.68. The molecule has 2 aromatic rings. The average molecular weight is 314 g/mol. The number of ether oxygens (including phenoxy) is 1. The van der Waals surface area contributed by atoms with Crippen molar-refractivity contribution < 1.29 is 14.6 Å². The summed E-state index contributed by atoms with van der Waals surface area (Å²) in [5.41, 5.74) is 0.408. The van der Waals surface area contributed by atoms with Gasteiger partial charge in [0.15, 0.2) is 0 Å². The number of fused-ring (bicyclic) bond motifs is 1. The Bertz CT molecular complexity index is 700. The van der Waals surface area contributed by atoms with E-state index in [2.05, 4.69) is 4.98 Å². The zero-order valence-corrected chi connectivity index (χ0v) is 13.4. The number of rotatable bonds is 4.